The van der Waals surface area contributed by atoms with Crippen molar-refractivity contribution in [3.63, 3.8) is 0 Å². The van der Waals surface area contributed by atoms with Gasteiger partial charge in [0.1, 0.15) is 0 Å². The van der Waals surface area contributed by atoms with E-state index in [1.54, 1.807) is 13.2 Å². The first-order valence-corrected chi connectivity index (χ1v) is 5.23. The second-order valence-electron chi connectivity index (χ2n) is 3.34. The summed E-state index contributed by atoms with van der Waals surface area (Å²) >= 11 is 0. The molecular formula is C12H17NO4. The lowest BCUT2D eigenvalue weighted by Crippen LogP contribution is -2.15. The van der Waals surface area contributed by atoms with Gasteiger partial charge < -0.3 is 19.5 Å². The van der Waals surface area contributed by atoms with Gasteiger partial charge in [-0.2, -0.15) is 0 Å². The summed E-state index contributed by atoms with van der Waals surface area (Å²) in [5, 5.41) is 3.03. The van der Waals surface area contributed by atoms with Crippen molar-refractivity contribution < 1.29 is 19.0 Å². The third-order valence-electron chi connectivity index (χ3n) is 2.21. The predicted octanol–water partition coefficient (Wildman–Crippen LogP) is 0.966. The number of carbonyl (C=O) groups is 1. The zero-order chi connectivity index (χ0) is 12.7. The van der Waals surface area contributed by atoms with Gasteiger partial charge in [-0.15, -0.1) is 0 Å². The minimum atomic E-state index is -0.425. The Morgan fingerprint density at radius 1 is 1.35 bits per heavy atom. The van der Waals surface area contributed by atoms with Crippen LogP contribution >= 0.6 is 0 Å². The van der Waals surface area contributed by atoms with Gasteiger partial charge in [-0.1, -0.05) is 12.1 Å². The molecule has 1 aromatic rings. The third kappa shape index (κ3) is 3.64. The van der Waals surface area contributed by atoms with Crippen LogP contribution < -0.4 is 14.8 Å². The molecule has 0 bridgehead atoms. The summed E-state index contributed by atoms with van der Waals surface area (Å²) in [5.74, 6) is 0.739. The Morgan fingerprint density at radius 3 is 2.71 bits per heavy atom. The van der Waals surface area contributed by atoms with Gasteiger partial charge in [0.15, 0.2) is 18.1 Å². The van der Waals surface area contributed by atoms with E-state index in [9.17, 15) is 4.79 Å². The van der Waals surface area contributed by atoms with Crippen LogP contribution in [0.4, 0.5) is 0 Å². The molecule has 0 spiro atoms. The molecule has 17 heavy (non-hydrogen) atoms. The molecule has 94 valence electrons. The van der Waals surface area contributed by atoms with E-state index in [4.69, 9.17) is 9.47 Å². The highest BCUT2D eigenvalue weighted by Gasteiger charge is 2.12. The van der Waals surface area contributed by atoms with E-state index in [0.29, 0.717) is 18.0 Å². The Hall–Kier alpha value is -1.75. The maximum absolute atomic E-state index is 11.1. The number of carbonyl (C=O) groups excluding carboxylic acids is 1. The molecule has 0 heterocycles. The molecule has 5 nitrogen and oxygen atoms in total. The van der Waals surface area contributed by atoms with Crippen molar-refractivity contribution in [1.29, 1.82) is 0 Å². The summed E-state index contributed by atoms with van der Waals surface area (Å²) in [5.41, 5.74) is 0.927. The number of methoxy groups -OCH3 is 2. The summed E-state index contributed by atoms with van der Waals surface area (Å²) in [6.45, 7) is 0.501. The molecule has 0 aliphatic carbocycles. The number of rotatable bonds is 6. The summed E-state index contributed by atoms with van der Waals surface area (Å²) < 4.78 is 15.1. The largest absolute Gasteiger partial charge is 0.493 e. The number of benzene rings is 1. The van der Waals surface area contributed by atoms with Gasteiger partial charge in [-0.3, -0.25) is 0 Å². The zero-order valence-electron chi connectivity index (χ0n) is 10.3. The molecule has 1 aromatic carbocycles. The van der Waals surface area contributed by atoms with Gasteiger partial charge in [0.25, 0.3) is 0 Å². The van der Waals surface area contributed by atoms with Gasteiger partial charge in [-0.25, -0.2) is 4.79 Å². The van der Waals surface area contributed by atoms with Crippen LogP contribution in [0.1, 0.15) is 5.56 Å². The normalized spacial score (nSPS) is 9.82. The van der Waals surface area contributed by atoms with E-state index in [1.807, 2.05) is 19.2 Å². The Kier molecular flexibility index (Phi) is 5.29. The fraction of sp³-hybridized carbons (Fsp3) is 0.417. The van der Waals surface area contributed by atoms with Crippen molar-refractivity contribution in [3.05, 3.63) is 23.8 Å². The first kappa shape index (κ1) is 13.3. The van der Waals surface area contributed by atoms with Crippen molar-refractivity contribution in [2.45, 2.75) is 6.54 Å². The molecule has 5 heteroatoms. The fourth-order valence-corrected chi connectivity index (χ4v) is 1.41. The fourth-order valence-electron chi connectivity index (χ4n) is 1.41. The summed E-state index contributed by atoms with van der Waals surface area (Å²) in [6.07, 6.45) is 0. The van der Waals surface area contributed by atoms with Crippen LogP contribution in [0.5, 0.6) is 11.5 Å². The number of hydrogen-bond acceptors (Lipinski definition) is 5. The molecule has 0 fully saturated rings. The first-order valence-electron chi connectivity index (χ1n) is 5.23. The first-order chi connectivity index (χ1) is 8.22. The lowest BCUT2D eigenvalue weighted by molar-refractivity contribution is -0.142. The summed E-state index contributed by atoms with van der Waals surface area (Å²) in [4.78, 5) is 11.1. The molecule has 0 amide bonds. The molecule has 1 rings (SSSR count). The second kappa shape index (κ2) is 6.75. The van der Waals surface area contributed by atoms with E-state index in [2.05, 4.69) is 10.1 Å². The Bertz CT molecular complexity index is 379. The predicted molar refractivity (Wildman–Crippen MR) is 63.3 cm³/mol. The number of esters is 1. The molecule has 0 aliphatic heterocycles. The lowest BCUT2D eigenvalue weighted by atomic mass is 10.2. The second-order valence-corrected chi connectivity index (χ2v) is 3.34. The SMILES string of the molecule is CNCc1cccc(OC)c1OCC(=O)OC. The van der Waals surface area contributed by atoms with Crippen LogP contribution in [0.3, 0.4) is 0 Å². The quantitative estimate of drug-likeness (QED) is 0.749. The van der Waals surface area contributed by atoms with Gasteiger partial charge in [0.2, 0.25) is 0 Å². The number of nitrogens with one attached hydrogen (secondary N) is 1. The number of hydrogen-bond donors (Lipinski definition) is 1. The maximum Gasteiger partial charge on any atom is 0.343 e. The van der Waals surface area contributed by atoms with Crippen molar-refractivity contribution in [1.82, 2.24) is 5.32 Å². The van der Waals surface area contributed by atoms with E-state index >= 15 is 0 Å². The molecule has 0 saturated carbocycles. The Labute approximate surface area is 101 Å². The van der Waals surface area contributed by atoms with E-state index in [-0.39, 0.29) is 6.61 Å². The van der Waals surface area contributed by atoms with E-state index in [0.717, 1.165) is 5.56 Å². The molecule has 0 aromatic heterocycles. The van der Waals surface area contributed by atoms with Crippen LogP contribution in [0.15, 0.2) is 18.2 Å². The zero-order valence-corrected chi connectivity index (χ0v) is 10.3. The van der Waals surface area contributed by atoms with Crippen molar-refractivity contribution in [2.75, 3.05) is 27.9 Å². The topological polar surface area (TPSA) is 56.8 Å². The smallest absolute Gasteiger partial charge is 0.343 e. The summed E-state index contributed by atoms with van der Waals surface area (Å²) in [6, 6.07) is 5.56. The third-order valence-corrected chi connectivity index (χ3v) is 2.21. The number of para-hydroxylation sites is 1. The average molecular weight is 239 g/mol. The van der Waals surface area contributed by atoms with Gasteiger partial charge in [0.05, 0.1) is 14.2 Å². The van der Waals surface area contributed by atoms with Crippen LogP contribution in [0.25, 0.3) is 0 Å². The van der Waals surface area contributed by atoms with Gasteiger partial charge in [0, 0.05) is 12.1 Å². The molecule has 0 saturated heterocycles. The van der Waals surface area contributed by atoms with E-state index < -0.39 is 5.97 Å². The van der Waals surface area contributed by atoms with Gasteiger partial charge >= 0.3 is 5.97 Å². The Morgan fingerprint density at radius 2 is 2.12 bits per heavy atom. The maximum atomic E-state index is 11.1. The van der Waals surface area contributed by atoms with E-state index in [1.165, 1.54) is 7.11 Å². The minimum Gasteiger partial charge on any atom is -0.493 e. The van der Waals surface area contributed by atoms with Crippen LogP contribution in [0.2, 0.25) is 0 Å². The Balaban J connectivity index is 2.88. The number of ether oxygens (including phenoxy) is 3. The lowest BCUT2D eigenvalue weighted by Gasteiger charge is -2.14. The molecular weight excluding hydrogens is 222 g/mol. The van der Waals surface area contributed by atoms with Crippen LogP contribution in [-0.4, -0.2) is 33.8 Å². The van der Waals surface area contributed by atoms with Gasteiger partial charge in [-0.05, 0) is 13.1 Å². The highest BCUT2D eigenvalue weighted by Crippen LogP contribution is 2.30. The van der Waals surface area contributed by atoms with Crippen molar-refractivity contribution in [3.8, 4) is 11.5 Å². The molecule has 1 N–H and O–H groups in total. The molecule has 0 atom stereocenters. The van der Waals surface area contributed by atoms with Crippen LogP contribution in [-0.2, 0) is 16.1 Å². The average Bonchev–Trinajstić information content (AvgIpc) is 2.36. The summed E-state index contributed by atoms with van der Waals surface area (Å²) in [7, 11) is 4.72. The van der Waals surface area contributed by atoms with Crippen molar-refractivity contribution in [2.24, 2.45) is 0 Å². The molecule has 0 aliphatic rings. The monoisotopic (exact) mass is 239 g/mol. The van der Waals surface area contributed by atoms with Crippen molar-refractivity contribution >= 4 is 5.97 Å². The molecule has 0 unspecified atom stereocenters. The molecule has 0 radical (unpaired) electrons. The highest BCUT2D eigenvalue weighted by molar-refractivity contribution is 5.71. The highest BCUT2D eigenvalue weighted by atomic mass is 16.6. The van der Waals surface area contributed by atoms with Crippen LogP contribution in [0, 0.1) is 0 Å². The minimum absolute atomic E-state index is 0.131. The standard InChI is InChI=1S/C12H17NO4/c1-13-7-9-5-4-6-10(15-2)12(9)17-8-11(14)16-3/h4-6,13H,7-8H2,1-3H3.